The number of piperazine rings is 1. The highest BCUT2D eigenvalue weighted by atomic mass is 19.1. The van der Waals surface area contributed by atoms with Crippen molar-refractivity contribution in [3.05, 3.63) is 65.1 Å². The van der Waals surface area contributed by atoms with Crippen LogP contribution in [0.25, 0.3) is 10.9 Å². The minimum Gasteiger partial charge on any atom is -0.398 e. The normalized spacial score (nSPS) is 16.8. The number of aromatic nitrogens is 1. The number of pyridine rings is 1. The number of carbonyl (C=O) groups is 1. The first-order valence-electron chi connectivity index (χ1n) is 10.6. The van der Waals surface area contributed by atoms with Gasteiger partial charge >= 0.3 is 0 Å². The Bertz CT molecular complexity index is 1120. The van der Waals surface area contributed by atoms with Gasteiger partial charge in [-0.1, -0.05) is 12.1 Å². The second-order valence-electron chi connectivity index (χ2n) is 8.25. The number of fused-ring (bicyclic) bond motifs is 1. The Hall–Kier alpha value is -2.99. The van der Waals surface area contributed by atoms with Crippen molar-refractivity contribution in [1.82, 2.24) is 10.3 Å². The van der Waals surface area contributed by atoms with E-state index < -0.39 is 5.82 Å². The predicted octanol–water partition coefficient (Wildman–Crippen LogP) is 3.67. The van der Waals surface area contributed by atoms with Gasteiger partial charge in [0.1, 0.15) is 5.82 Å². The summed E-state index contributed by atoms with van der Waals surface area (Å²) in [4.78, 5) is 20.0. The number of nitrogens with zero attached hydrogens (tertiary/aromatic N) is 2. The summed E-state index contributed by atoms with van der Waals surface area (Å²) in [6.45, 7) is 3.99. The first kappa shape index (κ1) is 19.0. The molecule has 0 radical (unpaired) electrons. The Kier molecular flexibility index (Phi) is 4.87. The van der Waals surface area contributed by atoms with Crippen LogP contribution in [-0.2, 0) is 6.42 Å². The molecule has 0 bridgehead atoms. The smallest absolute Gasteiger partial charge is 0.168 e. The van der Waals surface area contributed by atoms with E-state index in [1.807, 2.05) is 6.07 Å². The van der Waals surface area contributed by atoms with Crippen molar-refractivity contribution in [3.63, 3.8) is 0 Å². The van der Waals surface area contributed by atoms with Crippen LogP contribution in [0.5, 0.6) is 0 Å². The topological polar surface area (TPSA) is 71.2 Å². The SMILES string of the molecule is Nc1cc(F)ccc1CC(=O)c1cnc2c(C3CC3)c(N3CCNCC3)ccc2c1. The third-order valence-corrected chi connectivity index (χ3v) is 6.09. The van der Waals surface area contributed by atoms with E-state index in [4.69, 9.17) is 10.7 Å². The number of rotatable bonds is 5. The van der Waals surface area contributed by atoms with Crippen molar-refractivity contribution in [3.8, 4) is 0 Å². The minimum absolute atomic E-state index is 0.0677. The number of nitrogens with one attached hydrogen (secondary N) is 1. The molecule has 154 valence electrons. The fourth-order valence-electron chi connectivity index (χ4n) is 4.32. The number of ketones is 1. The monoisotopic (exact) mass is 404 g/mol. The molecule has 0 spiro atoms. The quantitative estimate of drug-likeness (QED) is 0.502. The third-order valence-electron chi connectivity index (χ3n) is 6.09. The van der Waals surface area contributed by atoms with Crippen LogP contribution in [0.15, 0.2) is 42.6 Å². The molecular formula is C24H25FN4O. The van der Waals surface area contributed by atoms with E-state index in [9.17, 15) is 9.18 Å². The highest BCUT2D eigenvalue weighted by Gasteiger charge is 2.31. The molecule has 0 amide bonds. The lowest BCUT2D eigenvalue weighted by atomic mass is 9.98. The number of carbonyl (C=O) groups excluding carboxylic acids is 1. The number of Topliss-reactive ketones (excluding diaryl/α,β-unsaturated/α-hetero) is 1. The number of benzene rings is 2. The van der Waals surface area contributed by atoms with E-state index in [0.29, 0.717) is 22.7 Å². The lowest BCUT2D eigenvalue weighted by molar-refractivity contribution is 0.0993. The van der Waals surface area contributed by atoms with Crippen LogP contribution >= 0.6 is 0 Å². The fraction of sp³-hybridized carbons (Fsp3) is 0.333. The third kappa shape index (κ3) is 3.63. The van der Waals surface area contributed by atoms with E-state index >= 15 is 0 Å². The van der Waals surface area contributed by atoms with E-state index in [-0.39, 0.29) is 12.2 Å². The standard InChI is InChI=1S/C24H25FN4O/c25-19-5-3-16(20(26)13-19)12-22(30)18-11-17-4-6-21(29-9-7-27-8-10-29)23(15-1-2-15)24(17)28-14-18/h3-6,11,13-15,27H,1-2,7-10,12,26H2. The number of hydrogen-bond donors (Lipinski definition) is 2. The second kappa shape index (κ2) is 7.69. The number of halogens is 1. The van der Waals surface area contributed by atoms with Crippen LogP contribution in [0.3, 0.4) is 0 Å². The molecular weight excluding hydrogens is 379 g/mol. The number of hydrogen-bond acceptors (Lipinski definition) is 5. The average molecular weight is 404 g/mol. The molecule has 3 aromatic rings. The zero-order valence-corrected chi connectivity index (χ0v) is 16.8. The lowest BCUT2D eigenvalue weighted by Crippen LogP contribution is -2.43. The van der Waals surface area contributed by atoms with Gasteiger partial charge in [-0.25, -0.2) is 4.39 Å². The summed E-state index contributed by atoms with van der Waals surface area (Å²) < 4.78 is 13.3. The molecule has 2 aromatic carbocycles. The summed E-state index contributed by atoms with van der Waals surface area (Å²) >= 11 is 0. The van der Waals surface area contributed by atoms with Crippen molar-refractivity contribution in [2.75, 3.05) is 36.8 Å². The predicted molar refractivity (Wildman–Crippen MR) is 118 cm³/mol. The van der Waals surface area contributed by atoms with E-state index in [2.05, 4.69) is 22.3 Å². The molecule has 1 saturated carbocycles. The highest BCUT2D eigenvalue weighted by molar-refractivity contribution is 6.01. The highest BCUT2D eigenvalue weighted by Crippen LogP contribution is 2.47. The van der Waals surface area contributed by atoms with Gasteiger partial charge in [0.15, 0.2) is 5.78 Å². The van der Waals surface area contributed by atoms with Gasteiger partial charge in [-0.05, 0) is 48.6 Å². The largest absolute Gasteiger partial charge is 0.398 e. The van der Waals surface area contributed by atoms with E-state index in [1.165, 1.54) is 36.2 Å². The number of anilines is 2. The molecule has 0 unspecified atom stereocenters. The lowest BCUT2D eigenvalue weighted by Gasteiger charge is -2.31. The summed E-state index contributed by atoms with van der Waals surface area (Å²) in [5.74, 6) is 0.0949. The van der Waals surface area contributed by atoms with E-state index in [0.717, 1.165) is 37.1 Å². The Morgan fingerprint density at radius 3 is 2.70 bits per heavy atom. The average Bonchev–Trinajstić information content (AvgIpc) is 3.60. The zero-order chi connectivity index (χ0) is 20.7. The first-order valence-corrected chi connectivity index (χ1v) is 10.6. The van der Waals surface area contributed by atoms with E-state index in [1.54, 1.807) is 12.3 Å². The maximum Gasteiger partial charge on any atom is 0.168 e. The first-order chi connectivity index (χ1) is 14.6. The molecule has 6 heteroatoms. The molecule has 1 aliphatic carbocycles. The van der Waals surface area contributed by atoms with Gasteiger partial charge in [0, 0.05) is 66.7 Å². The van der Waals surface area contributed by atoms with Crippen LogP contribution in [0.4, 0.5) is 15.8 Å². The van der Waals surface area contributed by atoms with Crippen molar-refractivity contribution in [2.45, 2.75) is 25.2 Å². The van der Waals surface area contributed by atoms with Gasteiger partial charge in [0.2, 0.25) is 0 Å². The summed E-state index contributed by atoms with van der Waals surface area (Å²) in [6, 6.07) is 10.3. The van der Waals surface area contributed by atoms with Gasteiger partial charge in [-0.3, -0.25) is 9.78 Å². The molecule has 2 aliphatic rings. The summed E-state index contributed by atoms with van der Waals surface area (Å²) in [5, 5.41) is 4.40. The van der Waals surface area contributed by atoms with Crippen LogP contribution in [0.2, 0.25) is 0 Å². The number of nitrogen functional groups attached to an aromatic ring is 1. The summed E-state index contributed by atoms with van der Waals surface area (Å²) in [6.07, 6.45) is 4.21. The van der Waals surface area contributed by atoms with Crippen molar-refractivity contribution >= 4 is 28.1 Å². The second-order valence-corrected chi connectivity index (χ2v) is 8.25. The fourth-order valence-corrected chi connectivity index (χ4v) is 4.32. The molecule has 0 atom stereocenters. The minimum atomic E-state index is -0.399. The zero-order valence-electron chi connectivity index (χ0n) is 16.8. The van der Waals surface area contributed by atoms with Gasteiger partial charge in [0.05, 0.1) is 5.52 Å². The molecule has 1 aromatic heterocycles. The van der Waals surface area contributed by atoms with Crippen LogP contribution < -0.4 is 16.0 Å². The van der Waals surface area contributed by atoms with Gasteiger partial charge in [-0.15, -0.1) is 0 Å². The molecule has 2 heterocycles. The summed E-state index contributed by atoms with van der Waals surface area (Å²) in [7, 11) is 0. The maximum atomic E-state index is 13.3. The molecule has 30 heavy (non-hydrogen) atoms. The molecule has 3 N–H and O–H groups in total. The van der Waals surface area contributed by atoms with Crippen LogP contribution in [0, 0.1) is 5.82 Å². The Balaban J connectivity index is 1.47. The Morgan fingerprint density at radius 2 is 1.97 bits per heavy atom. The van der Waals surface area contributed by atoms with Crippen molar-refractivity contribution in [2.24, 2.45) is 0 Å². The Morgan fingerprint density at radius 1 is 1.17 bits per heavy atom. The summed E-state index contributed by atoms with van der Waals surface area (Å²) in [5.41, 5.74) is 11.0. The molecule has 1 saturated heterocycles. The van der Waals surface area contributed by atoms with Crippen LogP contribution in [-0.4, -0.2) is 36.9 Å². The van der Waals surface area contributed by atoms with Crippen molar-refractivity contribution < 1.29 is 9.18 Å². The maximum absolute atomic E-state index is 13.3. The molecule has 5 rings (SSSR count). The van der Waals surface area contributed by atoms with Gasteiger partial charge < -0.3 is 16.0 Å². The molecule has 2 fully saturated rings. The van der Waals surface area contributed by atoms with Gasteiger partial charge in [0.25, 0.3) is 0 Å². The molecule has 1 aliphatic heterocycles. The Labute approximate surface area is 175 Å². The number of nitrogens with two attached hydrogens (primary N) is 1. The van der Waals surface area contributed by atoms with Crippen LogP contribution in [0.1, 0.15) is 40.2 Å². The van der Waals surface area contributed by atoms with Crippen molar-refractivity contribution in [1.29, 1.82) is 0 Å². The molecule has 5 nitrogen and oxygen atoms in total. The van der Waals surface area contributed by atoms with Gasteiger partial charge in [-0.2, -0.15) is 0 Å².